The van der Waals surface area contributed by atoms with E-state index in [0.717, 1.165) is 17.3 Å². The minimum Gasteiger partial charge on any atom is -0.465 e. The summed E-state index contributed by atoms with van der Waals surface area (Å²) in [6.45, 7) is 2.66. The van der Waals surface area contributed by atoms with Crippen molar-refractivity contribution in [2.24, 2.45) is 5.16 Å². The van der Waals surface area contributed by atoms with Crippen LogP contribution in [0.25, 0.3) is 10.9 Å². The Labute approximate surface area is 167 Å². The van der Waals surface area contributed by atoms with Crippen LogP contribution < -0.4 is 0 Å². The third-order valence-corrected chi connectivity index (χ3v) is 4.37. The maximum atomic E-state index is 12.2. The first kappa shape index (κ1) is 20.1. The molecule has 0 aliphatic rings. The van der Waals surface area contributed by atoms with Crippen LogP contribution in [0.5, 0.6) is 0 Å². The third-order valence-electron chi connectivity index (χ3n) is 4.37. The Morgan fingerprint density at radius 3 is 2.72 bits per heavy atom. The van der Waals surface area contributed by atoms with E-state index in [1.165, 1.54) is 19.2 Å². The molecule has 8 nitrogen and oxygen atoms in total. The first-order valence-corrected chi connectivity index (χ1v) is 9.15. The quantitative estimate of drug-likeness (QED) is 0.188. The van der Waals surface area contributed by atoms with Gasteiger partial charge < -0.3 is 14.1 Å². The predicted octanol–water partition coefficient (Wildman–Crippen LogP) is 4.17. The molecule has 0 atom stereocenters. The van der Waals surface area contributed by atoms with E-state index in [1.54, 1.807) is 18.3 Å². The number of ether oxygens (including phenoxy) is 1. The molecule has 2 aromatic carbocycles. The molecule has 150 valence electrons. The van der Waals surface area contributed by atoms with Crippen LogP contribution in [-0.4, -0.2) is 34.9 Å². The first-order valence-electron chi connectivity index (χ1n) is 9.15. The van der Waals surface area contributed by atoms with Gasteiger partial charge in [-0.25, -0.2) is 4.79 Å². The predicted molar refractivity (Wildman–Crippen MR) is 109 cm³/mol. The minimum absolute atomic E-state index is 0.0293. The Balaban J connectivity index is 2.05. The molecule has 0 amide bonds. The number of rotatable bonds is 8. The topological polar surface area (TPSA) is 96.0 Å². The summed E-state index contributed by atoms with van der Waals surface area (Å²) in [4.78, 5) is 28.2. The normalized spacial score (nSPS) is 11.4. The molecule has 0 N–H and O–H groups in total. The van der Waals surface area contributed by atoms with Crippen molar-refractivity contribution in [2.75, 3.05) is 13.7 Å². The van der Waals surface area contributed by atoms with Crippen molar-refractivity contribution in [2.45, 2.75) is 19.9 Å². The Bertz CT molecular complexity index is 1070. The van der Waals surface area contributed by atoms with Gasteiger partial charge in [0, 0.05) is 34.8 Å². The fraction of sp³-hybridized carbons (Fsp3) is 0.238. The maximum Gasteiger partial charge on any atom is 0.340 e. The van der Waals surface area contributed by atoms with E-state index in [1.807, 2.05) is 35.8 Å². The van der Waals surface area contributed by atoms with Gasteiger partial charge in [0.1, 0.15) is 12.3 Å². The molecule has 8 heteroatoms. The molecule has 0 aliphatic carbocycles. The largest absolute Gasteiger partial charge is 0.465 e. The van der Waals surface area contributed by atoms with Gasteiger partial charge in [-0.1, -0.05) is 42.4 Å². The molecule has 1 aromatic heterocycles. The third kappa shape index (κ3) is 4.43. The highest BCUT2D eigenvalue weighted by atomic mass is 16.6. The number of carbonyl (C=O) groups excluding carboxylic acids is 1. The zero-order chi connectivity index (χ0) is 20.8. The molecule has 0 bridgehead atoms. The van der Waals surface area contributed by atoms with Gasteiger partial charge in [0.15, 0.2) is 0 Å². The molecule has 0 unspecified atom stereocenters. The fourth-order valence-electron chi connectivity index (χ4n) is 3.00. The molecule has 3 aromatic rings. The van der Waals surface area contributed by atoms with Crippen LogP contribution in [0.2, 0.25) is 0 Å². The van der Waals surface area contributed by atoms with E-state index in [0.29, 0.717) is 23.4 Å². The van der Waals surface area contributed by atoms with Crippen molar-refractivity contribution in [1.82, 2.24) is 4.57 Å². The molecule has 0 spiro atoms. The number of nitro benzene ring substituents is 1. The van der Waals surface area contributed by atoms with Crippen LogP contribution in [-0.2, 0) is 16.1 Å². The minimum atomic E-state index is -0.450. The van der Waals surface area contributed by atoms with E-state index in [4.69, 9.17) is 9.57 Å². The molecule has 0 fully saturated rings. The molecular weight excluding hydrogens is 374 g/mol. The summed E-state index contributed by atoms with van der Waals surface area (Å²) in [5.74, 6) is -0.434. The van der Waals surface area contributed by atoms with E-state index in [9.17, 15) is 14.9 Å². The van der Waals surface area contributed by atoms with Crippen LogP contribution in [0.3, 0.4) is 0 Å². The van der Waals surface area contributed by atoms with Gasteiger partial charge in [0.05, 0.1) is 24.1 Å². The molecular formula is C21H21N3O5. The number of carbonyl (C=O) groups is 1. The van der Waals surface area contributed by atoms with Crippen molar-refractivity contribution in [1.29, 1.82) is 0 Å². The van der Waals surface area contributed by atoms with Crippen molar-refractivity contribution >= 4 is 28.3 Å². The van der Waals surface area contributed by atoms with Gasteiger partial charge in [0.2, 0.25) is 0 Å². The van der Waals surface area contributed by atoms with Gasteiger partial charge in [-0.15, -0.1) is 0 Å². The number of hydrogen-bond acceptors (Lipinski definition) is 6. The first-order chi connectivity index (χ1) is 14.0. The number of para-hydroxylation sites is 1. The number of nitrogens with zero attached hydrogens (tertiary/aromatic N) is 3. The summed E-state index contributed by atoms with van der Waals surface area (Å²) in [6, 6.07) is 13.7. The monoisotopic (exact) mass is 395 g/mol. The summed E-state index contributed by atoms with van der Waals surface area (Å²) in [7, 11) is 1.34. The SMILES string of the molecule is CCCON=C(Cn1cc(C(=O)OC)c2ccccc21)c1cccc([N+](=O)[O-])c1. The lowest BCUT2D eigenvalue weighted by molar-refractivity contribution is -0.384. The van der Waals surface area contributed by atoms with Crippen LogP contribution in [0, 0.1) is 10.1 Å². The maximum absolute atomic E-state index is 12.2. The number of benzene rings is 2. The molecule has 0 aliphatic heterocycles. The average Bonchev–Trinajstić information content (AvgIpc) is 3.11. The van der Waals surface area contributed by atoms with Gasteiger partial charge in [0.25, 0.3) is 5.69 Å². The lowest BCUT2D eigenvalue weighted by Crippen LogP contribution is -2.12. The molecule has 29 heavy (non-hydrogen) atoms. The number of fused-ring (bicyclic) bond motifs is 1. The van der Waals surface area contributed by atoms with E-state index < -0.39 is 10.9 Å². The highest BCUT2D eigenvalue weighted by Crippen LogP contribution is 2.23. The van der Waals surface area contributed by atoms with Gasteiger partial charge in [-0.05, 0) is 12.5 Å². The standard InChI is InChI=1S/C21H21N3O5/c1-3-11-29-22-19(15-7-6-8-16(12-15)24(26)27)14-23-13-18(21(25)28-2)17-9-4-5-10-20(17)23/h4-10,12-13H,3,11,14H2,1-2H3. The van der Waals surface area contributed by atoms with Crippen LogP contribution in [0.1, 0.15) is 29.3 Å². The summed E-state index contributed by atoms with van der Waals surface area (Å²) < 4.78 is 6.74. The van der Waals surface area contributed by atoms with E-state index in [-0.39, 0.29) is 12.2 Å². The lowest BCUT2D eigenvalue weighted by atomic mass is 10.1. The number of esters is 1. The van der Waals surface area contributed by atoms with Crippen LogP contribution in [0.4, 0.5) is 5.69 Å². The second kappa shape index (κ2) is 9.01. The van der Waals surface area contributed by atoms with Gasteiger partial charge in [-0.3, -0.25) is 10.1 Å². The van der Waals surface area contributed by atoms with Gasteiger partial charge >= 0.3 is 5.97 Å². The molecule has 0 saturated heterocycles. The second-order valence-corrected chi connectivity index (χ2v) is 6.36. The van der Waals surface area contributed by atoms with E-state index in [2.05, 4.69) is 5.16 Å². The highest BCUT2D eigenvalue weighted by molar-refractivity contribution is 6.06. The number of hydrogen-bond donors (Lipinski definition) is 0. The van der Waals surface area contributed by atoms with Crippen molar-refractivity contribution in [3.63, 3.8) is 0 Å². The van der Waals surface area contributed by atoms with Crippen molar-refractivity contribution in [3.8, 4) is 0 Å². The molecule has 1 heterocycles. The van der Waals surface area contributed by atoms with Crippen molar-refractivity contribution in [3.05, 3.63) is 76.0 Å². The van der Waals surface area contributed by atoms with Crippen LogP contribution in [0.15, 0.2) is 59.9 Å². The Morgan fingerprint density at radius 1 is 1.21 bits per heavy atom. The fourth-order valence-corrected chi connectivity index (χ4v) is 3.00. The summed E-state index contributed by atoms with van der Waals surface area (Å²) >= 11 is 0. The number of methoxy groups -OCH3 is 1. The zero-order valence-corrected chi connectivity index (χ0v) is 16.2. The highest BCUT2D eigenvalue weighted by Gasteiger charge is 2.18. The van der Waals surface area contributed by atoms with Gasteiger partial charge in [-0.2, -0.15) is 0 Å². The summed E-state index contributed by atoms with van der Waals surface area (Å²) in [5.41, 5.74) is 2.32. The number of oxime groups is 1. The Hall–Kier alpha value is -3.68. The molecule has 0 saturated carbocycles. The Morgan fingerprint density at radius 2 is 2.00 bits per heavy atom. The zero-order valence-electron chi connectivity index (χ0n) is 16.2. The van der Waals surface area contributed by atoms with Crippen molar-refractivity contribution < 1.29 is 19.3 Å². The smallest absolute Gasteiger partial charge is 0.340 e. The lowest BCUT2D eigenvalue weighted by Gasteiger charge is -2.10. The molecule has 3 rings (SSSR count). The molecule has 0 radical (unpaired) electrons. The Kier molecular flexibility index (Phi) is 6.23. The summed E-state index contributed by atoms with van der Waals surface area (Å²) in [6.07, 6.45) is 2.48. The number of nitro groups is 1. The summed E-state index contributed by atoms with van der Waals surface area (Å²) in [5, 5.41) is 16.1. The number of non-ortho nitro benzene ring substituents is 1. The average molecular weight is 395 g/mol. The second-order valence-electron chi connectivity index (χ2n) is 6.36. The number of aromatic nitrogens is 1. The van der Waals surface area contributed by atoms with Crippen LogP contribution >= 0.6 is 0 Å². The van der Waals surface area contributed by atoms with E-state index >= 15 is 0 Å².